The van der Waals surface area contributed by atoms with Crippen molar-refractivity contribution in [2.45, 2.75) is 24.2 Å². The van der Waals surface area contributed by atoms with Gasteiger partial charge in [-0.15, -0.1) is 0 Å². The van der Waals surface area contributed by atoms with E-state index in [0.29, 0.717) is 16.0 Å². The molecule has 0 atom stereocenters. The van der Waals surface area contributed by atoms with Crippen molar-refractivity contribution < 1.29 is 13.5 Å². The van der Waals surface area contributed by atoms with Crippen LogP contribution in [0.15, 0.2) is 77.7 Å². The Labute approximate surface area is 148 Å². The van der Waals surface area contributed by atoms with Crippen molar-refractivity contribution in [1.82, 2.24) is 0 Å². The Morgan fingerprint density at radius 1 is 0.800 bits per heavy atom. The summed E-state index contributed by atoms with van der Waals surface area (Å²) >= 11 is 0. The molecule has 0 fully saturated rings. The Morgan fingerprint density at radius 2 is 1.36 bits per heavy atom. The van der Waals surface area contributed by atoms with Crippen LogP contribution < -0.4 is 0 Å². The zero-order valence-electron chi connectivity index (χ0n) is 14.0. The number of benzene rings is 3. The van der Waals surface area contributed by atoms with Gasteiger partial charge in [0.1, 0.15) is 0 Å². The number of hydrogen-bond donors (Lipinski definition) is 1. The first-order valence-electron chi connectivity index (χ1n) is 8.06. The molecular formula is C21H20O3S. The number of aliphatic hydroxyl groups is 1. The highest BCUT2D eigenvalue weighted by Gasteiger charge is 2.15. The molecule has 3 aromatic carbocycles. The Balaban J connectivity index is 1.83. The van der Waals surface area contributed by atoms with E-state index in [2.05, 4.69) is 0 Å². The van der Waals surface area contributed by atoms with E-state index in [4.69, 9.17) is 0 Å². The van der Waals surface area contributed by atoms with Crippen LogP contribution in [0.1, 0.15) is 16.7 Å². The van der Waals surface area contributed by atoms with Gasteiger partial charge in [-0.05, 0) is 41.3 Å². The van der Waals surface area contributed by atoms with E-state index in [1.807, 2.05) is 43.3 Å². The van der Waals surface area contributed by atoms with E-state index < -0.39 is 9.84 Å². The molecule has 0 aromatic heterocycles. The minimum absolute atomic E-state index is 0.0787. The average molecular weight is 352 g/mol. The summed E-state index contributed by atoms with van der Waals surface area (Å²) in [5, 5.41) is 9.18. The molecule has 0 aliphatic heterocycles. The maximum Gasteiger partial charge on any atom is 0.182 e. The van der Waals surface area contributed by atoms with Crippen LogP contribution in [0.4, 0.5) is 0 Å². The highest BCUT2D eigenvalue weighted by atomic mass is 32.2. The van der Waals surface area contributed by atoms with Gasteiger partial charge in [-0.1, -0.05) is 66.2 Å². The van der Waals surface area contributed by atoms with E-state index in [-0.39, 0.29) is 12.4 Å². The summed E-state index contributed by atoms with van der Waals surface area (Å²) in [4.78, 5) is 0.303. The predicted molar refractivity (Wildman–Crippen MR) is 99.9 cm³/mol. The van der Waals surface area contributed by atoms with Crippen LogP contribution in [0, 0.1) is 6.92 Å². The second kappa shape index (κ2) is 7.21. The van der Waals surface area contributed by atoms with Crippen molar-refractivity contribution in [3.05, 3.63) is 89.5 Å². The van der Waals surface area contributed by atoms with E-state index in [1.54, 1.807) is 36.4 Å². The monoisotopic (exact) mass is 352 g/mol. The zero-order valence-corrected chi connectivity index (χ0v) is 14.8. The van der Waals surface area contributed by atoms with Crippen LogP contribution in [0.5, 0.6) is 0 Å². The van der Waals surface area contributed by atoms with Crippen LogP contribution in [-0.2, 0) is 22.2 Å². The number of rotatable bonds is 5. The smallest absolute Gasteiger partial charge is 0.182 e. The summed E-state index contributed by atoms with van der Waals surface area (Å²) in [6.45, 7) is 1.93. The summed E-state index contributed by atoms with van der Waals surface area (Å²) in [6.07, 6.45) is 0. The van der Waals surface area contributed by atoms with Gasteiger partial charge in [0.15, 0.2) is 9.84 Å². The largest absolute Gasteiger partial charge is 0.392 e. The van der Waals surface area contributed by atoms with Crippen molar-refractivity contribution in [3.8, 4) is 11.1 Å². The summed E-state index contributed by atoms with van der Waals surface area (Å²) < 4.78 is 25.3. The van der Waals surface area contributed by atoms with Gasteiger partial charge in [-0.2, -0.15) is 0 Å². The first-order chi connectivity index (χ1) is 12.0. The molecule has 4 heteroatoms. The molecule has 0 bridgehead atoms. The van der Waals surface area contributed by atoms with Crippen molar-refractivity contribution >= 4 is 9.84 Å². The number of aryl methyl sites for hydroxylation is 1. The molecule has 3 rings (SSSR count). The van der Waals surface area contributed by atoms with E-state index >= 15 is 0 Å². The Morgan fingerprint density at radius 3 is 1.96 bits per heavy atom. The van der Waals surface area contributed by atoms with Crippen molar-refractivity contribution in [3.63, 3.8) is 0 Å². The average Bonchev–Trinajstić information content (AvgIpc) is 2.62. The first-order valence-corrected chi connectivity index (χ1v) is 9.72. The Bertz CT molecular complexity index is 957. The fraction of sp³-hybridized carbons (Fsp3) is 0.143. The van der Waals surface area contributed by atoms with Crippen molar-refractivity contribution in [1.29, 1.82) is 0 Å². The topological polar surface area (TPSA) is 54.4 Å². The van der Waals surface area contributed by atoms with Crippen LogP contribution >= 0.6 is 0 Å². The Hall–Kier alpha value is -2.43. The number of hydrogen-bond acceptors (Lipinski definition) is 3. The van der Waals surface area contributed by atoms with Crippen LogP contribution in [-0.4, -0.2) is 13.5 Å². The molecule has 0 aliphatic rings. The highest BCUT2D eigenvalue weighted by molar-refractivity contribution is 7.90. The van der Waals surface area contributed by atoms with Gasteiger partial charge in [0.25, 0.3) is 0 Å². The summed E-state index contributed by atoms with van der Waals surface area (Å²) in [7, 11) is -3.43. The highest BCUT2D eigenvalue weighted by Crippen LogP contribution is 2.23. The number of sulfone groups is 1. The van der Waals surface area contributed by atoms with Crippen molar-refractivity contribution in [2.24, 2.45) is 0 Å². The molecule has 0 heterocycles. The lowest BCUT2D eigenvalue weighted by molar-refractivity contribution is 0.282. The molecule has 1 N–H and O–H groups in total. The Kier molecular flexibility index (Phi) is 5.02. The van der Waals surface area contributed by atoms with E-state index in [0.717, 1.165) is 11.1 Å². The molecule has 0 aliphatic carbocycles. The molecule has 0 saturated carbocycles. The fourth-order valence-electron chi connectivity index (χ4n) is 2.72. The first kappa shape index (κ1) is 17.4. The predicted octanol–water partition coefficient (Wildman–Crippen LogP) is 4.13. The molecule has 3 aromatic rings. The third kappa shape index (κ3) is 4.16. The zero-order chi connectivity index (χ0) is 17.9. The van der Waals surface area contributed by atoms with Gasteiger partial charge >= 0.3 is 0 Å². The maximum atomic E-state index is 12.6. The lowest BCUT2D eigenvalue weighted by Gasteiger charge is -2.08. The van der Waals surface area contributed by atoms with Crippen LogP contribution in [0.2, 0.25) is 0 Å². The molecule has 0 unspecified atom stereocenters. The van der Waals surface area contributed by atoms with Gasteiger partial charge in [-0.25, -0.2) is 8.42 Å². The van der Waals surface area contributed by atoms with Gasteiger partial charge in [0.2, 0.25) is 0 Å². The summed E-state index contributed by atoms with van der Waals surface area (Å²) in [5.74, 6) is -0.0787. The molecule has 0 amide bonds. The third-order valence-corrected chi connectivity index (χ3v) is 5.83. The second-order valence-electron chi connectivity index (χ2n) is 6.13. The number of aliphatic hydroxyl groups excluding tert-OH is 1. The van der Waals surface area contributed by atoms with E-state index in [9.17, 15) is 13.5 Å². The van der Waals surface area contributed by atoms with Crippen LogP contribution in [0.25, 0.3) is 11.1 Å². The lowest BCUT2D eigenvalue weighted by atomic mass is 10.0. The summed E-state index contributed by atoms with van der Waals surface area (Å²) in [5.41, 5.74) is 4.62. The minimum atomic E-state index is -3.43. The minimum Gasteiger partial charge on any atom is -0.392 e. The van der Waals surface area contributed by atoms with Crippen LogP contribution in [0.3, 0.4) is 0 Å². The molecule has 0 radical (unpaired) electrons. The van der Waals surface area contributed by atoms with Gasteiger partial charge in [0, 0.05) is 0 Å². The van der Waals surface area contributed by atoms with Crippen molar-refractivity contribution in [2.75, 3.05) is 0 Å². The molecule has 128 valence electrons. The van der Waals surface area contributed by atoms with Gasteiger partial charge in [-0.3, -0.25) is 0 Å². The lowest BCUT2D eigenvalue weighted by Crippen LogP contribution is -2.05. The SMILES string of the molecule is Cc1ccc(-c2ccc(S(=O)(=O)Cc3cccc(CO)c3)cc2)cc1. The standard InChI is InChI=1S/C21H20O3S/c1-16-5-7-19(8-6-16)20-9-11-21(12-10-20)25(23,24)15-18-4-2-3-17(13-18)14-22/h2-13,22H,14-15H2,1H3. The third-order valence-electron chi connectivity index (χ3n) is 4.13. The van der Waals surface area contributed by atoms with Gasteiger partial charge in [0.05, 0.1) is 17.3 Å². The molecular weight excluding hydrogens is 332 g/mol. The maximum absolute atomic E-state index is 12.6. The quantitative estimate of drug-likeness (QED) is 0.751. The summed E-state index contributed by atoms with van der Waals surface area (Å²) in [6, 6.07) is 22.1. The molecule has 3 nitrogen and oxygen atoms in total. The van der Waals surface area contributed by atoms with E-state index in [1.165, 1.54) is 5.56 Å². The second-order valence-corrected chi connectivity index (χ2v) is 8.12. The molecule has 25 heavy (non-hydrogen) atoms. The molecule has 0 saturated heterocycles. The van der Waals surface area contributed by atoms with Gasteiger partial charge < -0.3 is 5.11 Å². The molecule has 0 spiro atoms. The normalized spacial score (nSPS) is 11.4. The fourth-order valence-corrected chi connectivity index (χ4v) is 4.06.